The number of unbranched alkanes of at least 4 members (excludes halogenated alkanes) is 30. The first kappa shape index (κ1) is 93.4. The van der Waals surface area contributed by atoms with Gasteiger partial charge in [-0.3, -0.25) is 18.6 Å². The molecular weight excluding hydrogens is 1230 g/mol. The number of nitrogens with zero attached hydrogens (tertiary/aromatic N) is 1. The Bertz CT molecular complexity index is 2270. The van der Waals surface area contributed by atoms with Crippen molar-refractivity contribution in [2.24, 2.45) is 0 Å². The van der Waals surface area contributed by atoms with E-state index in [9.17, 15) is 19.0 Å². The van der Waals surface area contributed by atoms with Crippen LogP contribution in [-0.4, -0.2) is 74.9 Å². The molecule has 0 fully saturated rings. The summed E-state index contributed by atoms with van der Waals surface area (Å²) < 4.78 is 34.8. The van der Waals surface area contributed by atoms with Crippen LogP contribution in [-0.2, 0) is 32.7 Å². The van der Waals surface area contributed by atoms with Crippen LogP contribution < -0.4 is 0 Å². The minimum Gasteiger partial charge on any atom is -0.462 e. The van der Waals surface area contributed by atoms with Crippen LogP contribution in [0.3, 0.4) is 0 Å². The van der Waals surface area contributed by atoms with Crippen molar-refractivity contribution in [3.63, 3.8) is 0 Å². The molecule has 0 heterocycles. The molecule has 98 heavy (non-hydrogen) atoms. The predicted molar refractivity (Wildman–Crippen MR) is 426 cm³/mol. The average Bonchev–Trinajstić information content (AvgIpc) is 1.08. The molecule has 0 bridgehead atoms. The number of rotatable bonds is 72. The van der Waals surface area contributed by atoms with Crippen molar-refractivity contribution in [3.8, 4) is 0 Å². The van der Waals surface area contributed by atoms with Crippen molar-refractivity contribution in [1.29, 1.82) is 0 Å². The standard InChI is InChI=1S/C88H148NO8P/c1-6-8-10-12-14-16-18-20-22-24-26-28-30-32-34-36-38-40-41-42-43-44-45-46-47-49-51-53-55-57-59-61-63-65-67-69-71-73-75-77-79-81-88(91)97-86(85-96-98(92,93)95-83-82-89(3,4)5)84-94-87(90)80-78-76-74-72-70-68-66-64-62-60-58-56-54-52-50-48-39-37-35-33-31-29-27-25-23-21-19-17-15-13-11-9-7-2/h8-11,14-17,20-23,26-29,32,34,38,40,42-43,45-46,49,51,55,57,86H,6-7,12-13,18-19,24-25,30-31,33,35-37,39,41,44,47-48,50,52-54,56,58-85H2,1-5H3/p+1/b10-8-,11-9-,16-14-,17-15-,22-20-,23-21-,28-26-,29-27-,34-32-,40-38-,43-42-,46-45-,51-49-,57-55-. The van der Waals surface area contributed by atoms with Gasteiger partial charge in [-0.05, 0) is 128 Å². The molecule has 0 aromatic rings. The second-order valence-corrected chi connectivity index (χ2v) is 28.8. The summed E-state index contributed by atoms with van der Waals surface area (Å²) in [5, 5.41) is 0. The highest BCUT2D eigenvalue weighted by atomic mass is 31.2. The summed E-state index contributed by atoms with van der Waals surface area (Å²) >= 11 is 0. The molecule has 0 aliphatic rings. The minimum absolute atomic E-state index is 0.0250. The van der Waals surface area contributed by atoms with Crippen LogP contribution in [0.2, 0.25) is 0 Å². The number of carbonyl (C=O) groups is 2. The number of ether oxygens (including phenoxy) is 2. The fourth-order valence-electron chi connectivity index (χ4n) is 10.7. The summed E-state index contributed by atoms with van der Waals surface area (Å²) in [5.41, 5.74) is 0. The molecule has 2 unspecified atom stereocenters. The Labute approximate surface area is 604 Å². The first-order chi connectivity index (χ1) is 48.0. The van der Waals surface area contributed by atoms with E-state index in [1.165, 1.54) is 154 Å². The molecule has 10 heteroatoms. The largest absolute Gasteiger partial charge is 0.472 e. The summed E-state index contributed by atoms with van der Waals surface area (Å²) in [6, 6.07) is 0. The van der Waals surface area contributed by atoms with Gasteiger partial charge in [0.05, 0.1) is 27.7 Å². The summed E-state index contributed by atoms with van der Waals surface area (Å²) in [7, 11) is 1.47. The van der Waals surface area contributed by atoms with Crippen LogP contribution in [0.25, 0.3) is 0 Å². The molecule has 558 valence electrons. The van der Waals surface area contributed by atoms with E-state index in [1.54, 1.807) is 0 Å². The first-order valence-electron chi connectivity index (χ1n) is 39.9. The van der Waals surface area contributed by atoms with Gasteiger partial charge in [-0.15, -0.1) is 0 Å². The fraction of sp³-hybridized carbons (Fsp3) is 0.659. The van der Waals surface area contributed by atoms with E-state index in [2.05, 4.69) is 184 Å². The molecule has 0 radical (unpaired) electrons. The third kappa shape index (κ3) is 80.3. The van der Waals surface area contributed by atoms with Gasteiger partial charge in [0.25, 0.3) is 0 Å². The Balaban J connectivity index is 4.03. The van der Waals surface area contributed by atoms with Crippen molar-refractivity contribution >= 4 is 19.8 Å². The van der Waals surface area contributed by atoms with Crippen molar-refractivity contribution in [2.75, 3.05) is 47.5 Å². The Morgan fingerprint density at radius 2 is 0.551 bits per heavy atom. The van der Waals surface area contributed by atoms with Gasteiger partial charge < -0.3 is 18.9 Å². The molecular formula is C88H149NO8P+. The number of carbonyl (C=O) groups excluding carboxylic acids is 2. The van der Waals surface area contributed by atoms with E-state index in [4.69, 9.17) is 18.5 Å². The lowest BCUT2D eigenvalue weighted by molar-refractivity contribution is -0.870. The summed E-state index contributed by atoms with van der Waals surface area (Å²) in [6.07, 6.45) is 116. The van der Waals surface area contributed by atoms with Gasteiger partial charge in [-0.25, -0.2) is 4.57 Å². The van der Waals surface area contributed by atoms with Gasteiger partial charge in [0.15, 0.2) is 6.10 Å². The predicted octanol–water partition coefficient (Wildman–Crippen LogP) is 26.8. The molecule has 0 amide bonds. The molecule has 0 aromatic heterocycles. The highest BCUT2D eigenvalue weighted by Gasteiger charge is 2.27. The zero-order valence-corrected chi connectivity index (χ0v) is 64.6. The molecule has 0 rings (SSSR count). The first-order valence-corrected chi connectivity index (χ1v) is 41.4. The van der Waals surface area contributed by atoms with E-state index in [0.717, 1.165) is 135 Å². The molecule has 9 nitrogen and oxygen atoms in total. The van der Waals surface area contributed by atoms with Crippen LogP contribution in [0, 0.1) is 0 Å². The van der Waals surface area contributed by atoms with Crippen molar-refractivity contribution in [3.05, 3.63) is 170 Å². The lowest BCUT2D eigenvalue weighted by Gasteiger charge is -2.24. The number of allylic oxidation sites excluding steroid dienone is 28. The lowest BCUT2D eigenvalue weighted by atomic mass is 10.0. The summed E-state index contributed by atoms with van der Waals surface area (Å²) in [5.74, 6) is -0.800. The zero-order chi connectivity index (χ0) is 71.1. The maximum Gasteiger partial charge on any atom is 0.472 e. The molecule has 0 saturated carbocycles. The highest BCUT2D eigenvalue weighted by Crippen LogP contribution is 2.43. The van der Waals surface area contributed by atoms with Crippen molar-refractivity contribution in [2.45, 2.75) is 328 Å². The van der Waals surface area contributed by atoms with Gasteiger partial charge in [-0.1, -0.05) is 351 Å². The molecule has 0 spiro atoms. The summed E-state index contributed by atoms with van der Waals surface area (Å²) in [4.78, 5) is 36.0. The SMILES string of the molecule is CC/C=C\C/C=C\C/C=C\C/C=C\C/C=C\C/C=C\C/C=C\C/C=C\C/C=C\C/C=C\CCCCCCCCCCCCC(=O)OC(COC(=O)CCCCCCCCCCCCCCCCCCCCCC/C=C\C/C=C\C/C=C\C/C=C\CC)COP(=O)(O)OCC[N+](C)(C)C. The molecule has 0 aliphatic heterocycles. The number of esters is 2. The molecule has 1 N–H and O–H groups in total. The molecule has 0 aromatic carbocycles. The Hall–Kier alpha value is -4.63. The Kier molecular flexibility index (Phi) is 72.9. The van der Waals surface area contributed by atoms with Crippen LogP contribution in [0.4, 0.5) is 0 Å². The quantitative estimate of drug-likeness (QED) is 0.0211. The fourth-order valence-corrected chi connectivity index (χ4v) is 11.5. The van der Waals surface area contributed by atoms with E-state index < -0.39 is 26.5 Å². The van der Waals surface area contributed by atoms with Gasteiger partial charge in [0, 0.05) is 12.8 Å². The van der Waals surface area contributed by atoms with Gasteiger partial charge >= 0.3 is 19.8 Å². The highest BCUT2D eigenvalue weighted by molar-refractivity contribution is 7.47. The number of hydrogen-bond donors (Lipinski definition) is 1. The average molecular weight is 1380 g/mol. The van der Waals surface area contributed by atoms with E-state index in [1.807, 2.05) is 21.1 Å². The monoisotopic (exact) mass is 1380 g/mol. The second-order valence-electron chi connectivity index (χ2n) is 27.3. The van der Waals surface area contributed by atoms with Crippen molar-refractivity contribution in [1.82, 2.24) is 0 Å². The van der Waals surface area contributed by atoms with Crippen molar-refractivity contribution < 1.29 is 42.1 Å². The Morgan fingerprint density at radius 1 is 0.316 bits per heavy atom. The molecule has 0 aliphatic carbocycles. The number of phosphoric ester groups is 1. The number of phosphoric acid groups is 1. The Morgan fingerprint density at radius 3 is 0.816 bits per heavy atom. The number of hydrogen-bond acceptors (Lipinski definition) is 7. The van der Waals surface area contributed by atoms with E-state index >= 15 is 0 Å². The minimum atomic E-state index is -4.41. The zero-order valence-electron chi connectivity index (χ0n) is 63.7. The topological polar surface area (TPSA) is 108 Å². The van der Waals surface area contributed by atoms with Gasteiger partial charge in [0.1, 0.15) is 19.8 Å². The molecule has 2 atom stereocenters. The maximum atomic E-state index is 12.9. The van der Waals surface area contributed by atoms with E-state index in [0.29, 0.717) is 17.4 Å². The van der Waals surface area contributed by atoms with Gasteiger partial charge in [0.2, 0.25) is 0 Å². The smallest absolute Gasteiger partial charge is 0.462 e. The van der Waals surface area contributed by atoms with Crippen LogP contribution in [0.5, 0.6) is 0 Å². The number of likely N-dealkylation sites (N-methyl/N-ethyl adjacent to an activating group) is 1. The maximum absolute atomic E-state index is 12.9. The third-order valence-corrected chi connectivity index (χ3v) is 17.7. The second kappa shape index (κ2) is 76.5. The number of quaternary nitrogens is 1. The third-order valence-electron chi connectivity index (χ3n) is 16.7. The van der Waals surface area contributed by atoms with E-state index in [-0.39, 0.29) is 32.0 Å². The lowest BCUT2D eigenvalue weighted by Crippen LogP contribution is -2.37. The van der Waals surface area contributed by atoms with Gasteiger partial charge in [-0.2, -0.15) is 0 Å². The summed E-state index contributed by atoms with van der Waals surface area (Å²) in [6.45, 7) is 4.22. The molecule has 0 saturated heterocycles. The van der Waals surface area contributed by atoms with Crippen LogP contribution in [0.15, 0.2) is 170 Å². The van der Waals surface area contributed by atoms with Crippen LogP contribution in [0.1, 0.15) is 322 Å². The normalized spacial score (nSPS) is 14.0. The van der Waals surface area contributed by atoms with Crippen LogP contribution >= 0.6 is 7.82 Å².